The number of nitrogens with one attached hydrogen (secondary N) is 1. The van der Waals surface area contributed by atoms with Gasteiger partial charge in [0.25, 0.3) is 5.56 Å². The molecule has 0 radical (unpaired) electrons. The summed E-state index contributed by atoms with van der Waals surface area (Å²) < 4.78 is 42.6. The summed E-state index contributed by atoms with van der Waals surface area (Å²) in [6.45, 7) is 1.25. The minimum atomic E-state index is -4.85. The molecule has 0 bridgehead atoms. The fourth-order valence-corrected chi connectivity index (χ4v) is 2.69. The molecule has 1 amide bonds. The highest BCUT2D eigenvalue weighted by molar-refractivity contribution is 5.79. The first kappa shape index (κ1) is 21.0. The maximum Gasteiger partial charge on any atom is 0.573 e. The van der Waals surface area contributed by atoms with E-state index in [1.54, 1.807) is 24.5 Å². The van der Waals surface area contributed by atoms with Gasteiger partial charge in [-0.25, -0.2) is 4.68 Å². The highest BCUT2D eigenvalue weighted by Gasteiger charge is 2.32. The third kappa shape index (κ3) is 5.22. The van der Waals surface area contributed by atoms with Crippen LogP contribution in [-0.2, 0) is 11.3 Å². The zero-order valence-electron chi connectivity index (χ0n) is 15.8. The molecule has 3 aromatic rings. The number of pyridine rings is 1. The highest BCUT2D eigenvalue weighted by Crippen LogP contribution is 2.26. The number of nitrogens with zero attached hydrogens (tertiary/aromatic N) is 3. The van der Waals surface area contributed by atoms with Gasteiger partial charge in [-0.15, -0.1) is 13.2 Å². The van der Waals surface area contributed by atoms with Crippen molar-refractivity contribution in [2.24, 2.45) is 0 Å². The van der Waals surface area contributed by atoms with E-state index in [0.29, 0.717) is 11.3 Å². The van der Waals surface area contributed by atoms with Crippen molar-refractivity contribution < 1.29 is 22.7 Å². The number of amides is 1. The van der Waals surface area contributed by atoms with Crippen molar-refractivity contribution in [1.29, 1.82) is 0 Å². The summed E-state index contributed by atoms with van der Waals surface area (Å²) in [5.41, 5.74) is 0.759. The van der Waals surface area contributed by atoms with E-state index < -0.39 is 29.6 Å². The molecule has 0 aliphatic carbocycles. The number of hydrogen-bond donors (Lipinski definition) is 1. The van der Waals surface area contributed by atoms with Gasteiger partial charge in [-0.05, 0) is 31.2 Å². The Labute approximate surface area is 169 Å². The van der Waals surface area contributed by atoms with Crippen LogP contribution in [0.5, 0.6) is 5.75 Å². The van der Waals surface area contributed by atoms with E-state index in [1.807, 2.05) is 0 Å². The van der Waals surface area contributed by atoms with Crippen LogP contribution in [0, 0.1) is 0 Å². The number of carbonyl (C=O) groups is 1. The van der Waals surface area contributed by atoms with E-state index in [2.05, 4.69) is 20.1 Å². The van der Waals surface area contributed by atoms with Crippen molar-refractivity contribution in [1.82, 2.24) is 20.1 Å². The molecule has 1 unspecified atom stereocenters. The van der Waals surface area contributed by atoms with E-state index >= 15 is 0 Å². The van der Waals surface area contributed by atoms with Crippen LogP contribution in [0.1, 0.15) is 18.5 Å². The molecule has 0 aliphatic heterocycles. The fourth-order valence-electron chi connectivity index (χ4n) is 2.69. The van der Waals surface area contributed by atoms with Gasteiger partial charge in [0.1, 0.15) is 11.8 Å². The van der Waals surface area contributed by atoms with Crippen LogP contribution in [0.4, 0.5) is 13.2 Å². The van der Waals surface area contributed by atoms with E-state index in [4.69, 9.17) is 0 Å². The first-order chi connectivity index (χ1) is 14.2. The van der Waals surface area contributed by atoms with Crippen LogP contribution in [0.15, 0.2) is 65.7 Å². The SMILES string of the molecule is CC(C(=O)NCc1ccccc1OC(F)(F)F)n1nc(-c2cccnc2)ccc1=O. The van der Waals surface area contributed by atoms with Gasteiger partial charge in [-0.2, -0.15) is 5.10 Å². The number of aromatic nitrogens is 3. The Balaban J connectivity index is 1.75. The average molecular weight is 418 g/mol. The molecule has 3 rings (SSSR count). The predicted octanol–water partition coefficient (Wildman–Crippen LogP) is 3.08. The summed E-state index contributed by atoms with van der Waals surface area (Å²) in [6.07, 6.45) is -1.69. The largest absolute Gasteiger partial charge is 0.573 e. The summed E-state index contributed by atoms with van der Waals surface area (Å²) in [5, 5.41) is 6.73. The first-order valence-corrected chi connectivity index (χ1v) is 8.86. The Morgan fingerprint density at radius 3 is 2.63 bits per heavy atom. The number of alkyl halides is 3. The molecule has 1 atom stereocenters. The predicted molar refractivity (Wildman–Crippen MR) is 101 cm³/mol. The van der Waals surface area contributed by atoms with Crippen molar-refractivity contribution in [2.75, 3.05) is 0 Å². The number of benzene rings is 1. The molecule has 156 valence electrons. The molecule has 0 fully saturated rings. The van der Waals surface area contributed by atoms with Crippen LogP contribution in [0.2, 0.25) is 0 Å². The molecule has 0 spiro atoms. The van der Waals surface area contributed by atoms with E-state index in [0.717, 1.165) is 10.7 Å². The normalized spacial score (nSPS) is 12.3. The number of para-hydroxylation sites is 1. The summed E-state index contributed by atoms with van der Waals surface area (Å²) in [6, 6.07) is 10.7. The second-order valence-corrected chi connectivity index (χ2v) is 6.29. The second-order valence-electron chi connectivity index (χ2n) is 6.29. The summed E-state index contributed by atoms with van der Waals surface area (Å²) in [7, 11) is 0. The van der Waals surface area contributed by atoms with Crippen molar-refractivity contribution >= 4 is 5.91 Å². The lowest BCUT2D eigenvalue weighted by Gasteiger charge is -2.16. The lowest BCUT2D eigenvalue weighted by molar-refractivity contribution is -0.274. The molecule has 2 heterocycles. The van der Waals surface area contributed by atoms with Crippen LogP contribution in [-0.4, -0.2) is 27.0 Å². The summed E-state index contributed by atoms with van der Waals surface area (Å²) in [5.74, 6) is -0.999. The zero-order chi connectivity index (χ0) is 21.7. The first-order valence-electron chi connectivity index (χ1n) is 8.86. The van der Waals surface area contributed by atoms with Crippen LogP contribution in [0.3, 0.4) is 0 Å². The van der Waals surface area contributed by atoms with Crippen LogP contribution < -0.4 is 15.6 Å². The monoisotopic (exact) mass is 418 g/mol. The number of halogens is 3. The van der Waals surface area contributed by atoms with Gasteiger partial charge in [0.05, 0.1) is 5.69 Å². The Morgan fingerprint density at radius 2 is 1.93 bits per heavy atom. The molecule has 0 aliphatic rings. The second kappa shape index (κ2) is 8.76. The number of rotatable bonds is 6. The van der Waals surface area contributed by atoms with E-state index in [-0.39, 0.29) is 12.1 Å². The van der Waals surface area contributed by atoms with Gasteiger partial charge in [-0.1, -0.05) is 18.2 Å². The van der Waals surface area contributed by atoms with Crippen LogP contribution >= 0.6 is 0 Å². The average Bonchev–Trinajstić information content (AvgIpc) is 2.72. The fraction of sp³-hybridized carbons (Fsp3) is 0.200. The molecule has 1 N–H and O–H groups in total. The van der Waals surface area contributed by atoms with Crippen molar-refractivity contribution in [3.05, 3.63) is 76.8 Å². The lowest BCUT2D eigenvalue weighted by Crippen LogP contribution is -2.36. The minimum Gasteiger partial charge on any atom is -0.405 e. The molecule has 1 aromatic carbocycles. The van der Waals surface area contributed by atoms with Gasteiger partial charge in [0.2, 0.25) is 5.91 Å². The highest BCUT2D eigenvalue weighted by atomic mass is 19.4. The van der Waals surface area contributed by atoms with Gasteiger partial charge < -0.3 is 10.1 Å². The molecule has 2 aromatic heterocycles. The number of ether oxygens (including phenoxy) is 1. The van der Waals surface area contributed by atoms with Gasteiger partial charge >= 0.3 is 6.36 Å². The molecular formula is C20H17F3N4O3. The summed E-state index contributed by atoms with van der Waals surface area (Å²) in [4.78, 5) is 28.7. The maximum absolute atomic E-state index is 12.5. The topological polar surface area (TPSA) is 86.1 Å². The minimum absolute atomic E-state index is 0.139. The lowest BCUT2D eigenvalue weighted by atomic mass is 10.2. The van der Waals surface area contributed by atoms with Gasteiger partial charge in [-0.3, -0.25) is 14.6 Å². The Morgan fingerprint density at radius 1 is 1.17 bits per heavy atom. The number of carbonyl (C=O) groups excluding carboxylic acids is 1. The van der Waals surface area contributed by atoms with Gasteiger partial charge in [0.15, 0.2) is 0 Å². The third-order valence-electron chi connectivity index (χ3n) is 4.18. The van der Waals surface area contributed by atoms with Crippen molar-refractivity contribution in [3.63, 3.8) is 0 Å². The molecule has 0 saturated heterocycles. The molecule has 30 heavy (non-hydrogen) atoms. The van der Waals surface area contributed by atoms with Gasteiger partial charge in [0, 0.05) is 36.1 Å². The molecule has 0 saturated carbocycles. The molecule has 10 heteroatoms. The Kier molecular flexibility index (Phi) is 6.14. The van der Waals surface area contributed by atoms with Crippen molar-refractivity contribution in [3.8, 4) is 17.0 Å². The third-order valence-corrected chi connectivity index (χ3v) is 4.18. The van der Waals surface area contributed by atoms with Crippen LogP contribution in [0.25, 0.3) is 11.3 Å². The molecular weight excluding hydrogens is 401 g/mol. The maximum atomic E-state index is 12.5. The Hall–Kier alpha value is -3.69. The Bertz CT molecular complexity index is 1080. The van der Waals surface area contributed by atoms with E-state index in [9.17, 15) is 22.8 Å². The zero-order valence-corrected chi connectivity index (χ0v) is 15.8. The van der Waals surface area contributed by atoms with E-state index in [1.165, 1.54) is 37.3 Å². The smallest absolute Gasteiger partial charge is 0.405 e. The van der Waals surface area contributed by atoms with Crippen molar-refractivity contribution in [2.45, 2.75) is 25.9 Å². The quantitative estimate of drug-likeness (QED) is 0.665. The number of hydrogen-bond acceptors (Lipinski definition) is 5. The standard InChI is InChI=1S/C20H17F3N4O3/c1-13(27-18(28)9-8-16(26-27)14-6-4-10-24-11-14)19(29)25-12-15-5-2-3-7-17(15)30-20(21,22)23/h2-11,13H,12H2,1H3,(H,25,29). The summed E-state index contributed by atoms with van der Waals surface area (Å²) >= 11 is 0. The molecule has 7 nitrogen and oxygen atoms in total.